The molecule has 1 aliphatic rings. The van der Waals surface area contributed by atoms with Crippen LogP contribution in [0.4, 0.5) is 5.69 Å². The lowest BCUT2D eigenvalue weighted by atomic mass is 10.1. The van der Waals surface area contributed by atoms with Gasteiger partial charge in [0.05, 0.1) is 16.8 Å². The molecule has 0 aliphatic carbocycles. The Morgan fingerprint density at radius 2 is 1.50 bits per heavy atom. The van der Waals surface area contributed by atoms with E-state index >= 15 is 0 Å². The Morgan fingerprint density at radius 1 is 0.950 bits per heavy atom. The maximum atomic E-state index is 12.5. The first kappa shape index (κ1) is 13.1. The van der Waals surface area contributed by atoms with Crippen LogP contribution in [-0.2, 0) is 0 Å². The largest absolute Gasteiger partial charge is 0.268 e. The molecule has 0 bridgehead atoms. The molecule has 2 amide bonds. The summed E-state index contributed by atoms with van der Waals surface area (Å²) in [6.45, 7) is 3.88. The van der Waals surface area contributed by atoms with Crippen molar-refractivity contribution in [2.24, 2.45) is 0 Å². The molecule has 3 nitrogen and oxygen atoms in total. The number of halogens is 1. The molecule has 0 spiro atoms. The second-order valence-electron chi connectivity index (χ2n) is 4.90. The van der Waals surface area contributed by atoms with Crippen molar-refractivity contribution in [1.29, 1.82) is 0 Å². The monoisotopic (exact) mass is 329 g/mol. The highest BCUT2D eigenvalue weighted by Crippen LogP contribution is 2.36. The third kappa shape index (κ3) is 1.79. The van der Waals surface area contributed by atoms with E-state index in [4.69, 9.17) is 0 Å². The number of anilines is 1. The number of carbonyl (C=O) groups excluding carboxylic acids is 2. The van der Waals surface area contributed by atoms with E-state index in [2.05, 4.69) is 15.9 Å². The number of benzene rings is 2. The third-order valence-electron chi connectivity index (χ3n) is 3.42. The van der Waals surface area contributed by atoms with Crippen LogP contribution in [0.2, 0.25) is 0 Å². The summed E-state index contributed by atoms with van der Waals surface area (Å²) in [6.07, 6.45) is 0. The van der Waals surface area contributed by atoms with Crippen LogP contribution in [-0.4, -0.2) is 11.8 Å². The summed E-state index contributed by atoms with van der Waals surface area (Å²) in [5, 5.41) is 0. The minimum absolute atomic E-state index is 0.266. The van der Waals surface area contributed by atoms with E-state index in [1.807, 2.05) is 26.0 Å². The van der Waals surface area contributed by atoms with E-state index < -0.39 is 0 Å². The number of imide groups is 1. The maximum absolute atomic E-state index is 12.5. The van der Waals surface area contributed by atoms with Gasteiger partial charge >= 0.3 is 0 Å². The van der Waals surface area contributed by atoms with Gasteiger partial charge < -0.3 is 0 Å². The van der Waals surface area contributed by atoms with Gasteiger partial charge in [0.15, 0.2) is 0 Å². The van der Waals surface area contributed by atoms with Crippen molar-refractivity contribution >= 4 is 33.4 Å². The van der Waals surface area contributed by atoms with E-state index in [-0.39, 0.29) is 11.8 Å². The Balaban J connectivity index is 2.19. The molecule has 0 aromatic heterocycles. The molecule has 2 aromatic rings. The summed E-state index contributed by atoms with van der Waals surface area (Å²) >= 11 is 3.46. The summed E-state index contributed by atoms with van der Waals surface area (Å²) in [7, 11) is 0. The van der Waals surface area contributed by atoms with E-state index in [9.17, 15) is 9.59 Å². The summed E-state index contributed by atoms with van der Waals surface area (Å²) in [6, 6.07) is 10.8. The van der Waals surface area contributed by atoms with Crippen molar-refractivity contribution in [3.05, 3.63) is 63.1 Å². The molecule has 1 heterocycles. The van der Waals surface area contributed by atoms with Crippen LogP contribution in [0.1, 0.15) is 31.8 Å². The fraction of sp³-hybridized carbons (Fsp3) is 0.125. The fourth-order valence-electron chi connectivity index (χ4n) is 2.58. The normalized spacial score (nSPS) is 13.8. The maximum Gasteiger partial charge on any atom is 0.266 e. The zero-order valence-electron chi connectivity index (χ0n) is 11.1. The first-order chi connectivity index (χ1) is 9.50. The molecule has 1 aliphatic heterocycles. The van der Waals surface area contributed by atoms with Crippen LogP contribution < -0.4 is 4.90 Å². The van der Waals surface area contributed by atoms with E-state index in [0.29, 0.717) is 16.8 Å². The minimum atomic E-state index is -0.266. The van der Waals surface area contributed by atoms with Crippen LogP contribution in [0.5, 0.6) is 0 Å². The molecule has 4 heteroatoms. The lowest BCUT2D eigenvalue weighted by molar-refractivity contribution is 0.0925. The van der Waals surface area contributed by atoms with E-state index in [0.717, 1.165) is 15.6 Å². The van der Waals surface area contributed by atoms with E-state index in [1.165, 1.54) is 4.90 Å². The molecular weight excluding hydrogens is 318 g/mol. The quantitative estimate of drug-likeness (QED) is 0.745. The van der Waals surface area contributed by atoms with Gasteiger partial charge in [-0.15, -0.1) is 0 Å². The number of fused-ring (bicyclic) bond motifs is 1. The number of carbonyl (C=O) groups is 2. The van der Waals surface area contributed by atoms with Gasteiger partial charge in [-0.05, 0) is 59.1 Å². The van der Waals surface area contributed by atoms with Gasteiger partial charge in [-0.2, -0.15) is 0 Å². The van der Waals surface area contributed by atoms with Gasteiger partial charge in [-0.3, -0.25) is 9.59 Å². The van der Waals surface area contributed by atoms with Crippen LogP contribution in [0.3, 0.4) is 0 Å². The second kappa shape index (κ2) is 4.56. The molecule has 0 N–H and O–H groups in total. The molecule has 0 fully saturated rings. The summed E-state index contributed by atoms with van der Waals surface area (Å²) in [5.74, 6) is -0.531. The molecule has 0 radical (unpaired) electrons. The van der Waals surface area contributed by atoms with Crippen molar-refractivity contribution in [2.75, 3.05) is 4.90 Å². The lowest BCUT2D eigenvalue weighted by Gasteiger charge is -2.19. The van der Waals surface area contributed by atoms with Crippen LogP contribution in [0.15, 0.2) is 40.9 Å². The van der Waals surface area contributed by atoms with Crippen molar-refractivity contribution in [3.63, 3.8) is 0 Å². The highest BCUT2D eigenvalue weighted by Gasteiger charge is 2.37. The molecule has 100 valence electrons. The van der Waals surface area contributed by atoms with Gasteiger partial charge in [0, 0.05) is 4.47 Å². The summed E-state index contributed by atoms with van der Waals surface area (Å²) in [5.41, 5.74) is 3.52. The molecule has 0 atom stereocenters. The Morgan fingerprint density at radius 3 is 2.00 bits per heavy atom. The van der Waals surface area contributed by atoms with Crippen LogP contribution in [0.25, 0.3) is 0 Å². The minimum Gasteiger partial charge on any atom is -0.268 e. The average molecular weight is 330 g/mol. The standard InChI is InChI=1S/C16H12BrNO2/c1-9-7-10(2)14(13(17)8-9)18-15(19)11-5-3-4-6-12(11)16(18)20/h3-8H,1-2H3. The smallest absolute Gasteiger partial charge is 0.266 e. The zero-order valence-corrected chi connectivity index (χ0v) is 12.7. The molecule has 20 heavy (non-hydrogen) atoms. The first-order valence-corrected chi connectivity index (χ1v) is 7.04. The third-order valence-corrected chi connectivity index (χ3v) is 4.02. The van der Waals surface area contributed by atoms with E-state index in [1.54, 1.807) is 24.3 Å². The lowest BCUT2D eigenvalue weighted by Crippen LogP contribution is -2.30. The van der Waals surface area contributed by atoms with Crippen molar-refractivity contribution in [2.45, 2.75) is 13.8 Å². The van der Waals surface area contributed by atoms with Crippen molar-refractivity contribution in [3.8, 4) is 0 Å². The van der Waals surface area contributed by atoms with Crippen LogP contribution >= 0.6 is 15.9 Å². The molecule has 0 unspecified atom stereocenters. The average Bonchev–Trinajstić information content (AvgIpc) is 2.64. The molecule has 0 saturated carbocycles. The predicted octanol–water partition coefficient (Wildman–Crippen LogP) is 3.87. The number of hydrogen-bond acceptors (Lipinski definition) is 2. The second-order valence-corrected chi connectivity index (χ2v) is 5.76. The number of rotatable bonds is 1. The Hall–Kier alpha value is -1.94. The SMILES string of the molecule is Cc1cc(C)c(N2C(=O)c3ccccc3C2=O)c(Br)c1. The molecule has 0 saturated heterocycles. The first-order valence-electron chi connectivity index (χ1n) is 6.25. The number of nitrogens with zero attached hydrogens (tertiary/aromatic N) is 1. The number of hydrogen-bond donors (Lipinski definition) is 0. The number of amides is 2. The Labute approximate surface area is 125 Å². The van der Waals surface area contributed by atoms with Gasteiger partial charge in [0.2, 0.25) is 0 Å². The fourth-order valence-corrected chi connectivity index (χ4v) is 3.43. The predicted molar refractivity (Wildman–Crippen MR) is 81.2 cm³/mol. The van der Waals surface area contributed by atoms with Gasteiger partial charge in [-0.1, -0.05) is 18.2 Å². The molecule has 2 aromatic carbocycles. The van der Waals surface area contributed by atoms with Gasteiger partial charge in [-0.25, -0.2) is 4.90 Å². The zero-order chi connectivity index (χ0) is 14.4. The summed E-state index contributed by atoms with van der Waals surface area (Å²) in [4.78, 5) is 26.2. The highest BCUT2D eigenvalue weighted by molar-refractivity contribution is 9.10. The van der Waals surface area contributed by atoms with Gasteiger partial charge in [0.25, 0.3) is 11.8 Å². The highest BCUT2D eigenvalue weighted by atomic mass is 79.9. The van der Waals surface area contributed by atoms with Crippen molar-refractivity contribution in [1.82, 2.24) is 0 Å². The topological polar surface area (TPSA) is 37.4 Å². The molecular formula is C16H12BrNO2. The Bertz CT molecular complexity index is 694. The number of aryl methyl sites for hydroxylation is 2. The van der Waals surface area contributed by atoms with Crippen molar-refractivity contribution < 1.29 is 9.59 Å². The van der Waals surface area contributed by atoms with Crippen LogP contribution in [0, 0.1) is 13.8 Å². The Kier molecular flexibility index (Phi) is 2.98. The summed E-state index contributed by atoms with van der Waals surface area (Å²) < 4.78 is 0.754. The van der Waals surface area contributed by atoms with Gasteiger partial charge in [0.1, 0.15) is 0 Å². The molecule has 3 rings (SSSR count).